The van der Waals surface area contributed by atoms with Gasteiger partial charge >= 0.3 is 0 Å². The lowest BCUT2D eigenvalue weighted by Gasteiger charge is -2.29. The van der Waals surface area contributed by atoms with Gasteiger partial charge in [-0.1, -0.05) is 80.6 Å². The fourth-order valence-electron chi connectivity index (χ4n) is 5.70. The van der Waals surface area contributed by atoms with Crippen molar-refractivity contribution in [3.05, 3.63) is 93.8 Å². The fraction of sp³-hybridized carbons (Fsp3) is 0.455. The molecule has 4 heteroatoms. The maximum absolute atomic E-state index is 14.8. The SMILES string of the molecule is CCCCCCCc1ccc(C2CCC(CCc3ccc(-c4cc(F)c(Cl)c(F)c4)c(F)c3)CC2)cc1. The molecule has 0 nitrogen and oxygen atoms in total. The van der Waals surface area contributed by atoms with Gasteiger partial charge in [0.1, 0.15) is 22.5 Å². The van der Waals surface area contributed by atoms with Crippen LogP contribution in [0, 0.1) is 23.4 Å². The quantitative estimate of drug-likeness (QED) is 0.172. The molecule has 37 heavy (non-hydrogen) atoms. The van der Waals surface area contributed by atoms with Gasteiger partial charge in [-0.05, 0) is 104 Å². The van der Waals surface area contributed by atoms with Crippen molar-refractivity contribution in [2.45, 2.75) is 89.9 Å². The second-order valence-electron chi connectivity index (χ2n) is 10.7. The second kappa shape index (κ2) is 13.5. The van der Waals surface area contributed by atoms with Gasteiger partial charge in [-0.2, -0.15) is 0 Å². The Morgan fingerprint density at radius 1 is 0.703 bits per heavy atom. The van der Waals surface area contributed by atoms with E-state index in [0.29, 0.717) is 11.8 Å². The van der Waals surface area contributed by atoms with E-state index in [1.807, 2.05) is 6.07 Å². The van der Waals surface area contributed by atoms with Crippen LogP contribution >= 0.6 is 11.6 Å². The molecule has 0 amide bonds. The molecule has 0 heterocycles. The van der Waals surface area contributed by atoms with Crippen LogP contribution in [0.4, 0.5) is 13.2 Å². The van der Waals surface area contributed by atoms with Crippen molar-refractivity contribution in [3.63, 3.8) is 0 Å². The minimum absolute atomic E-state index is 0.154. The molecule has 0 aromatic heterocycles. The number of rotatable bonds is 11. The van der Waals surface area contributed by atoms with E-state index in [1.54, 1.807) is 6.07 Å². The van der Waals surface area contributed by atoms with E-state index in [4.69, 9.17) is 11.6 Å². The molecule has 1 aliphatic carbocycles. The number of benzene rings is 3. The highest BCUT2D eigenvalue weighted by molar-refractivity contribution is 6.31. The highest BCUT2D eigenvalue weighted by Crippen LogP contribution is 2.38. The zero-order valence-electron chi connectivity index (χ0n) is 21.8. The summed E-state index contributed by atoms with van der Waals surface area (Å²) in [5.74, 6) is -0.937. The molecule has 0 spiro atoms. The Kier molecular flexibility index (Phi) is 10.1. The summed E-state index contributed by atoms with van der Waals surface area (Å²) in [6.45, 7) is 2.26. The van der Waals surface area contributed by atoms with Gasteiger partial charge < -0.3 is 0 Å². The third-order valence-electron chi connectivity index (χ3n) is 8.04. The van der Waals surface area contributed by atoms with E-state index in [1.165, 1.54) is 81.4 Å². The van der Waals surface area contributed by atoms with Gasteiger partial charge in [0.2, 0.25) is 0 Å². The minimum Gasteiger partial charge on any atom is -0.206 e. The number of aryl methyl sites for hydroxylation is 2. The number of halogens is 4. The molecule has 0 atom stereocenters. The van der Waals surface area contributed by atoms with E-state index in [9.17, 15) is 13.2 Å². The molecule has 1 saturated carbocycles. The summed E-state index contributed by atoms with van der Waals surface area (Å²) in [7, 11) is 0. The monoisotopic (exact) mass is 526 g/mol. The van der Waals surface area contributed by atoms with Gasteiger partial charge in [0.05, 0.1) is 0 Å². The molecule has 0 bridgehead atoms. The molecule has 1 aliphatic rings. The van der Waals surface area contributed by atoms with Gasteiger partial charge in [-0.15, -0.1) is 0 Å². The van der Waals surface area contributed by atoms with Gasteiger partial charge in [0.15, 0.2) is 0 Å². The molecule has 1 fully saturated rings. The second-order valence-corrected chi connectivity index (χ2v) is 11.1. The Labute approximate surface area is 225 Å². The highest BCUT2D eigenvalue weighted by atomic mass is 35.5. The normalized spacial score (nSPS) is 17.8. The maximum atomic E-state index is 14.8. The van der Waals surface area contributed by atoms with Crippen molar-refractivity contribution in [1.29, 1.82) is 0 Å². The molecule has 0 radical (unpaired) electrons. The Morgan fingerprint density at radius 3 is 2.00 bits per heavy atom. The van der Waals surface area contributed by atoms with Crippen LogP contribution in [-0.4, -0.2) is 0 Å². The van der Waals surface area contributed by atoms with Crippen molar-refractivity contribution in [3.8, 4) is 11.1 Å². The Hall–Kier alpha value is -2.26. The van der Waals surface area contributed by atoms with Crippen molar-refractivity contribution >= 4 is 11.6 Å². The molecule has 0 unspecified atom stereocenters. The zero-order chi connectivity index (χ0) is 26.2. The zero-order valence-corrected chi connectivity index (χ0v) is 22.6. The van der Waals surface area contributed by atoms with Crippen LogP contribution < -0.4 is 0 Å². The first kappa shape index (κ1) is 27.8. The molecule has 3 aromatic rings. The van der Waals surface area contributed by atoms with Crippen LogP contribution in [0.2, 0.25) is 5.02 Å². The first-order valence-corrected chi connectivity index (χ1v) is 14.3. The van der Waals surface area contributed by atoms with E-state index < -0.39 is 22.5 Å². The largest absolute Gasteiger partial charge is 0.206 e. The molecule has 198 valence electrons. The third kappa shape index (κ3) is 7.63. The van der Waals surface area contributed by atoms with Crippen molar-refractivity contribution in [2.75, 3.05) is 0 Å². The first-order valence-electron chi connectivity index (χ1n) is 14.0. The molecular formula is C33H38ClF3. The number of unbranched alkanes of at least 4 members (excludes halogenated alkanes) is 4. The summed E-state index contributed by atoms with van der Waals surface area (Å²) in [5.41, 5.74) is 4.19. The summed E-state index contributed by atoms with van der Waals surface area (Å²) < 4.78 is 42.4. The summed E-state index contributed by atoms with van der Waals surface area (Å²) >= 11 is 5.55. The van der Waals surface area contributed by atoms with Gasteiger partial charge in [-0.3, -0.25) is 0 Å². The number of hydrogen-bond acceptors (Lipinski definition) is 0. The summed E-state index contributed by atoms with van der Waals surface area (Å²) in [5, 5.41) is -0.569. The van der Waals surface area contributed by atoms with Gasteiger partial charge in [-0.25, -0.2) is 13.2 Å². The average molecular weight is 527 g/mol. The van der Waals surface area contributed by atoms with Crippen molar-refractivity contribution < 1.29 is 13.2 Å². The lowest BCUT2D eigenvalue weighted by molar-refractivity contribution is 0.310. The summed E-state index contributed by atoms with van der Waals surface area (Å²) in [6, 6.07) is 16.5. The van der Waals surface area contributed by atoms with Crippen LogP contribution in [0.3, 0.4) is 0 Å². The Morgan fingerprint density at radius 2 is 1.35 bits per heavy atom. The van der Waals surface area contributed by atoms with E-state index in [2.05, 4.69) is 31.2 Å². The fourth-order valence-corrected chi connectivity index (χ4v) is 5.81. The molecule has 0 N–H and O–H groups in total. The van der Waals surface area contributed by atoms with Crippen molar-refractivity contribution in [2.24, 2.45) is 5.92 Å². The maximum Gasteiger partial charge on any atom is 0.145 e. The minimum atomic E-state index is -0.885. The topological polar surface area (TPSA) is 0 Å². The van der Waals surface area contributed by atoms with Crippen LogP contribution in [0.1, 0.15) is 93.7 Å². The van der Waals surface area contributed by atoms with Gasteiger partial charge in [0.25, 0.3) is 0 Å². The van der Waals surface area contributed by atoms with Crippen LogP contribution in [-0.2, 0) is 12.8 Å². The molecular weight excluding hydrogens is 489 g/mol. The molecule has 0 saturated heterocycles. The number of hydrogen-bond donors (Lipinski definition) is 0. The lowest BCUT2D eigenvalue weighted by atomic mass is 9.76. The third-order valence-corrected chi connectivity index (χ3v) is 8.40. The molecule has 4 rings (SSSR count). The average Bonchev–Trinajstić information content (AvgIpc) is 2.91. The standard InChI is InChI=1S/C33H38ClF3/c1-2-3-4-5-6-7-23-10-15-26(16-11-23)27-17-12-24(13-18-27)8-9-25-14-19-29(30(35)20-25)28-21-31(36)33(34)32(37)22-28/h10-11,14-16,19-22,24,27H,2-9,12-13,17-18H2,1H3. The van der Waals surface area contributed by atoms with Crippen LogP contribution in [0.25, 0.3) is 11.1 Å². The predicted octanol–water partition coefficient (Wildman–Crippen LogP) is 10.8. The van der Waals surface area contributed by atoms with Crippen LogP contribution in [0.15, 0.2) is 54.6 Å². The highest BCUT2D eigenvalue weighted by Gasteiger charge is 2.22. The van der Waals surface area contributed by atoms with Crippen molar-refractivity contribution in [1.82, 2.24) is 0 Å². The van der Waals surface area contributed by atoms with E-state index in [0.717, 1.165) is 30.5 Å². The van der Waals surface area contributed by atoms with Gasteiger partial charge in [0, 0.05) is 5.56 Å². The van der Waals surface area contributed by atoms with E-state index >= 15 is 0 Å². The lowest BCUT2D eigenvalue weighted by Crippen LogP contribution is -2.14. The Bertz CT molecular complexity index is 1120. The van der Waals surface area contributed by atoms with Crippen LogP contribution in [0.5, 0.6) is 0 Å². The Balaban J connectivity index is 1.24. The molecule has 3 aromatic carbocycles. The summed E-state index contributed by atoms with van der Waals surface area (Å²) in [4.78, 5) is 0. The van der Waals surface area contributed by atoms with E-state index in [-0.39, 0.29) is 11.1 Å². The first-order chi connectivity index (χ1) is 17.9. The smallest absolute Gasteiger partial charge is 0.145 e. The molecule has 0 aliphatic heterocycles. The predicted molar refractivity (Wildman–Crippen MR) is 149 cm³/mol. The summed E-state index contributed by atoms with van der Waals surface area (Å²) in [6.07, 6.45) is 14.5.